The summed E-state index contributed by atoms with van der Waals surface area (Å²) in [6.45, 7) is 7.98. The molecule has 0 radical (unpaired) electrons. The first-order valence-electron chi connectivity index (χ1n) is 11.8. The van der Waals surface area contributed by atoms with E-state index in [1.807, 2.05) is 18.3 Å². The van der Waals surface area contributed by atoms with Gasteiger partial charge in [-0.1, -0.05) is 12.1 Å². The highest BCUT2D eigenvalue weighted by Crippen LogP contribution is 2.40. The first-order chi connectivity index (χ1) is 19.0. The molecule has 41 heavy (non-hydrogen) atoms. The Hall–Kier alpha value is -3.79. The van der Waals surface area contributed by atoms with Crippen molar-refractivity contribution in [2.24, 2.45) is 0 Å². The number of carboxylic acids is 2. The van der Waals surface area contributed by atoms with Crippen LogP contribution in [-0.2, 0) is 22.7 Å². The average molecular weight is 600 g/mol. The predicted octanol–water partition coefficient (Wildman–Crippen LogP) is 4.00. The van der Waals surface area contributed by atoms with Gasteiger partial charge < -0.3 is 24.4 Å². The number of pyridine rings is 1. The molecule has 0 amide bonds. The number of halogens is 6. The Morgan fingerprint density at radius 3 is 1.66 bits per heavy atom. The highest BCUT2D eigenvalue weighted by atomic mass is 19.4. The monoisotopic (exact) mass is 599 g/mol. The lowest BCUT2D eigenvalue weighted by molar-refractivity contribution is -0.193. The molecule has 0 bridgehead atoms. The molecule has 1 aliphatic heterocycles. The normalized spacial score (nSPS) is 14.1. The van der Waals surface area contributed by atoms with Crippen LogP contribution in [0.15, 0.2) is 30.5 Å². The Labute approximate surface area is 232 Å². The molecule has 0 spiro atoms. The van der Waals surface area contributed by atoms with Gasteiger partial charge in [0.15, 0.2) is 11.5 Å². The standard InChI is InChI=1S/C21H29N3O3.2C2HF3O2/c1-16-6-5-9-22-18(16)15-24-12-10-23(11-13-24)14-17-7-8-19(25-2)21(27-4)20(17)26-3;2*3-2(4,5)1(6)7/h5-9H,10-15H2,1-4H3;2*(H,6,7). The first kappa shape index (κ1) is 35.2. The summed E-state index contributed by atoms with van der Waals surface area (Å²) in [5.74, 6) is -3.42. The van der Waals surface area contributed by atoms with E-state index in [2.05, 4.69) is 33.8 Å². The SMILES string of the molecule is COc1ccc(CN2CCN(Cc3ncccc3C)CC2)c(OC)c1OC.O=C(O)C(F)(F)F.O=C(O)C(F)(F)F. The maximum Gasteiger partial charge on any atom is 0.490 e. The van der Waals surface area contributed by atoms with Gasteiger partial charge in [-0.15, -0.1) is 0 Å². The van der Waals surface area contributed by atoms with Crippen molar-refractivity contribution in [2.45, 2.75) is 32.4 Å². The molecule has 1 aliphatic rings. The van der Waals surface area contributed by atoms with E-state index in [9.17, 15) is 26.3 Å². The zero-order valence-electron chi connectivity index (χ0n) is 22.7. The van der Waals surface area contributed by atoms with Gasteiger partial charge in [0.05, 0.1) is 27.0 Å². The maximum absolute atomic E-state index is 10.6. The second-order valence-corrected chi connectivity index (χ2v) is 8.42. The van der Waals surface area contributed by atoms with Crippen molar-refractivity contribution in [2.75, 3.05) is 47.5 Å². The summed E-state index contributed by atoms with van der Waals surface area (Å²) in [4.78, 5) is 27.2. The molecule has 0 atom stereocenters. The van der Waals surface area contributed by atoms with Crippen LogP contribution in [-0.4, -0.2) is 96.8 Å². The summed E-state index contributed by atoms with van der Waals surface area (Å²) in [7, 11) is 4.95. The molecule has 2 aromatic rings. The lowest BCUT2D eigenvalue weighted by atomic mass is 10.1. The predicted molar refractivity (Wildman–Crippen MR) is 133 cm³/mol. The number of hydrogen-bond donors (Lipinski definition) is 2. The molecule has 0 aliphatic carbocycles. The van der Waals surface area contributed by atoms with Gasteiger partial charge in [0.25, 0.3) is 0 Å². The van der Waals surface area contributed by atoms with E-state index in [-0.39, 0.29) is 0 Å². The van der Waals surface area contributed by atoms with Crippen LogP contribution in [0.3, 0.4) is 0 Å². The van der Waals surface area contributed by atoms with Gasteiger partial charge in [-0.25, -0.2) is 9.59 Å². The number of carbonyl (C=O) groups is 2. The van der Waals surface area contributed by atoms with E-state index in [4.69, 9.17) is 34.0 Å². The molecule has 2 N–H and O–H groups in total. The minimum Gasteiger partial charge on any atom is -0.493 e. The van der Waals surface area contributed by atoms with E-state index < -0.39 is 24.3 Å². The Morgan fingerprint density at radius 2 is 1.27 bits per heavy atom. The molecular formula is C25H31F6N3O7. The molecule has 0 saturated carbocycles. The van der Waals surface area contributed by atoms with E-state index in [0.717, 1.165) is 50.6 Å². The number of aliphatic carboxylic acids is 2. The Morgan fingerprint density at radius 1 is 0.805 bits per heavy atom. The number of methoxy groups -OCH3 is 3. The van der Waals surface area contributed by atoms with Crippen LogP contribution in [0, 0.1) is 6.92 Å². The molecule has 1 aromatic carbocycles. The van der Waals surface area contributed by atoms with Crippen LogP contribution < -0.4 is 14.2 Å². The van der Waals surface area contributed by atoms with E-state index in [0.29, 0.717) is 11.5 Å². The fourth-order valence-electron chi connectivity index (χ4n) is 3.53. The highest BCUT2D eigenvalue weighted by molar-refractivity contribution is 5.73. The zero-order chi connectivity index (χ0) is 31.4. The average Bonchev–Trinajstić information content (AvgIpc) is 2.90. The van der Waals surface area contributed by atoms with Crippen LogP contribution >= 0.6 is 0 Å². The smallest absolute Gasteiger partial charge is 0.490 e. The third-order valence-corrected chi connectivity index (χ3v) is 5.62. The van der Waals surface area contributed by atoms with Gasteiger partial charge in [0, 0.05) is 51.0 Å². The maximum atomic E-state index is 10.6. The number of hydrogen-bond acceptors (Lipinski definition) is 8. The summed E-state index contributed by atoms with van der Waals surface area (Å²) >= 11 is 0. The van der Waals surface area contributed by atoms with Crippen molar-refractivity contribution in [1.29, 1.82) is 0 Å². The number of alkyl halides is 6. The summed E-state index contributed by atoms with van der Waals surface area (Å²) in [6.07, 6.45) is -8.29. The van der Waals surface area contributed by atoms with Gasteiger partial charge in [0.2, 0.25) is 5.75 Å². The molecule has 0 unspecified atom stereocenters. The number of piperazine rings is 1. The molecule has 1 saturated heterocycles. The number of benzene rings is 1. The topological polar surface area (TPSA) is 122 Å². The van der Waals surface area contributed by atoms with Crippen LogP contribution in [0.25, 0.3) is 0 Å². The van der Waals surface area contributed by atoms with E-state index in [1.165, 1.54) is 11.3 Å². The second-order valence-electron chi connectivity index (χ2n) is 8.42. The third-order valence-electron chi connectivity index (χ3n) is 5.62. The number of carboxylic acid groups (broad SMARTS) is 2. The molecule has 230 valence electrons. The van der Waals surface area contributed by atoms with Gasteiger partial charge in [-0.3, -0.25) is 14.8 Å². The highest BCUT2D eigenvalue weighted by Gasteiger charge is 2.38. The summed E-state index contributed by atoms with van der Waals surface area (Å²) in [6, 6.07) is 8.12. The minimum atomic E-state index is -5.08. The summed E-state index contributed by atoms with van der Waals surface area (Å²) in [5.41, 5.74) is 3.55. The summed E-state index contributed by atoms with van der Waals surface area (Å²) in [5, 5.41) is 14.2. The Bertz CT molecular complexity index is 1110. The van der Waals surface area contributed by atoms with Crippen LogP contribution in [0.4, 0.5) is 26.3 Å². The number of aromatic nitrogens is 1. The zero-order valence-corrected chi connectivity index (χ0v) is 22.7. The molecule has 1 fully saturated rings. The van der Waals surface area contributed by atoms with Gasteiger partial charge in [-0.05, 0) is 24.6 Å². The minimum absolute atomic E-state index is 0.654. The van der Waals surface area contributed by atoms with Crippen molar-refractivity contribution >= 4 is 11.9 Å². The van der Waals surface area contributed by atoms with E-state index >= 15 is 0 Å². The Balaban J connectivity index is 0.000000497. The van der Waals surface area contributed by atoms with Crippen molar-refractivity contribution < 1.29 is 60.4 Å². The molecular weight excluding hydrogens is 568 g/mol. The summed E-state index contributed by atoms with van der Waals surface area (Å²) < 4.78 is 80.0. The fourth-order valence-corrected chi connectivity index (χ4v) is 3.53. The number of aryl methyl sites for hydroxylation is 1. The van der Waals surface area contributed by atoms with Crippen molar-refractivity contribution in [3.63, 3.8) is 0 Å². The van der Waals surface area contributed by atoms with Crippen LogP contribution in [0.2, 0.25) is 0 Å². The molecule has 16 heteroatoms. The van der Waals surface area contributed by atoms with Crippen molar-refractivity contribution in [3.05, 3.63) is 47.3 Å². The van der Waals surface area contributed by atoms with Crippen LogP contribution in [0.5, 0.6) is 17.2 Å². The molecule has 10 nitrogen and oxygen atoms in total. The fraction of sp³-hybridized carbons (Fsp3) is 0.480. The lowest BCUT2D eigenvalue weighted by Crippen LogP contribution is -2.45. The third kappa shape index (κ3) is 11.7. The number of nitrogens with zero attached hydrogens (tertiary/aromatic N) is 3. The number of rotatable bonds is 7. The lowest BCUT2D eigenvalue weighted by Gasteiger charge is -2.35. The second kappa shape index (κ2) is 15.9. The molecule has 2 heterocycles. The van der Waals surface area contributed by atoms with Crippen molar-refractivity contribution in [3.8, 4) is 17.2 Å². The molecule has 3 rings (SSSR count). The number of ether oxygens (including phenoxy) is 3. The Kier molecular flexibility index (Phi) is 13.6. The van der Waals surface area contributed by atoms with E-state index in [1.54, 1.807) is 21.3 Å². The van der Waals surface area contributed by atoms with Crippen molar-refractivity contribution in [1.82, 2.24) is 14.8 Å². The quantitative estimate of drug-likeness (QED) is 0.452. The molecule has 1 aromatic heterocycles. The van der Waals surface area contributed by atoms with Gasteiger partial charge >= 0.3 is 24.3 Å². The largest absolute Gasteiger partial charge is 0.493 e. The van der Waals surface area contributed by atoms with Gasteiger partial charge in [0.1, 0.15) is 0 Å². The van der Waals surface area contributed by atoms with Gasteiger partial charge in [-0.2, -0.15) is 26.3 Å². The van der Waals surface area contributed by atoms with Crippen LogP contribution in [0.1, 0.15) is 16.8 Å². The first-order valence-corrected chi connectivity index (χ1v) is 11.8.